The first kappa shape index (κ1) is 14.0. The molecule has 0 spiro atoms. The first-order valence-corrected chi connectivity index (χ1v) is 6.61. The number of aryl methyl sites for hydroxylation is 1. The number of hydrogen-bond donors (Lipinski definition) is 1. The quantitative estimate of drug-likeness (QED) is 0.858. The van der Waals surface area contributed by atoms with E-state index in [1.807, 2.05) is 24.3 Å². The van der Waals surface area contributed by atoms with Crippen molar-refractivity contribution in [2.75, 3.05) is 5.32 Å². The Morgan fingerprint density at radius 2 is 1.70 bits per heavy atom. The van der Waals surface area contributed by atoms with Crippen molar-refractivity contribution in [3.8, 4) is 0 Å². The highest BCUT2D eigenvalue weighted by atomic mass is 16.1. The topological polar surface area (TPSA) is 46.2 Å². The molecule has 0 radical (unpaired) electrons. The van der Waals surface area contributed by atoms with Crippen molar-refractivity contribution in [2.45, 2.75) is 20.3 Å². The predicted octanol–water partition coefficient (Wildman–Crippen LogP) is 3.70. The zero-order valence-corrected chi connectivity index (χ0v) is 11.6. The highest BCUT2D eigenvalue weighted by Crippen LogP contribution is 2.13. The van der Waals surface area contributed by atoms with E-state index in [0.717, 1.165) is 6.42 Å². The zero-order chi connectivity index (χ0) is 14.5. The number of Topliss-reactive ketones (excluding diaryl/α,β-unsaturated/α-hetero) is 1. The summed E-state index contributed by atoms with van der Waals surface area (Å²) in [5.41, 5.74) is 3.02. The lowest BCUT2D eigenvalue weighted by molar-refractivity contribution is 0.101. The molecule has 0 fully saturated rings. The van der Waals surface area contributed by atoms with Gasteiger partial charge in [0, 0.05) is 16.8 Å². The molecule has 2 rings (SSSR count). The molecule has 2 aromatic rings. The standard InChI is InChI=1S/C17H17NO2/c1-3-13-7-9-14(10-8-13)17(20)18-16-6-4-5-15(11-16)12(2)19/h4-11H,3H2,1-2H3,(H,18,20). The molecule has 0 bridgehead atoms. The Morgan fingerprint density at radius 3 is 2.30 bits per heavy atom. The van der Waals surface area contributed by atoms with Crippen molar-refractivity contribution in [3.05, 3.63) is 65.2 Å². The summed E-state index contributed by atoms with van der Waals surface area (Å²) < 4.78 is 0. The minimum Gasteiger partial charge on any atom is -0.322 e. The van der Waals surface area contributed by atoms with E-state index in [1.54, 1.807) is 24.3 Å². The molecule has 0 unspecified atom stereocenters. The maximum absolute atomic E-state index is 12.1. The Morgan fingerprint density at radius 1 is 1.00 bits per heavy atom. The van der Waals surface area contributed by atoms with Crippen LogP contribution >= 0.6 is 0 Å². The summed E-state index contributed by atoms with van der Waals surface area (Å²) >= 11 is 0. The fourth-order valence-corrected chi connectivity index (χ4v) is 1.91. The van der Waals surface area contributed by atoms with Gasteiger partial charge in [0.25, 0.3) is 5.91 Å². The van der Waals surface area contributed by atoms with E-state index in [2.05, 4.69) is 12.2 Å². The highest BCUT2D eigenvalue weighted by molar-refractivity contribution is 6.05. The molecule has 0 aliphatic heterocycles. The van der Waals surface area contributed by atoms with E-state index in [-0.39, 0.29) is 11.7 Å². The third-order valence-corrected chi connectivity index (χ3v) is 3.15. The van der Waals surface area contributed by atoms with Gasteiger partial charge in [-0.15, -0.1) is 0 Å². The Hall–Kier alpha value is -2.42. The lowest BCUT2D eigenvalue weighted by atomic mass is 10.1. The molecule has 0 atom stereocenters. The number of hydrogen-bond acceptors (Lipinski definition) is 2. The van der Waals surface area contributed by atoms with Crippen LogP contribution in [0.4, 0.5) is 5.69 Å². The lowest BCUT2D eigenvalue weighted by Crippen LogP contribution is -2.12. The summed E-state index contributed by atoms with van der Waals surface area (Å²) in [5, 5.41) is 2.80. The first-order chi connectivity index (χ1) is 9.60. The lowest BCUT2D eigenvalue weighted by Gasteiger charge is -2.07. The third-order valence-electron chi connectivity index (χ3n) is 3.15. The van der Waals surface area contributed by atoms with Crippen molar-refractivity contribution in [1.82, 2.24) is 0 Å². The molecule has 0 heterocycles. The van der Waals surface area contributed by atoms with Crippen LogP contribution in [0.25, 0.3) is 0 Å². The van der Waals surface area contributed by atoms with Crippen molar-refractivity contribution in [2.24, 2.45) is 0 Å². The summed E-state index contributed by atoms with van der Waals surface area (Å²) in [6, 6.07) is 14.4. The average Bonchev–Trinajstić information content (AvgIpc) is 2.47. The largest absolute Gasteiger partial charge is 0.322 e. The van der Waals surface area contributed by atoms with Crippen LogP contribution in [0.15, 0.2) is 48.5 Å². The summed E-state index contributed by atoms with van der Waals surface area (Å²) in [6.45, 7) is 3.58. The van der Waals surface area contributed by atoms with Crippen LogP contribution in [0.3, 0.4) is 0 Å². The van der Waals surface area contributed by atoms with Gasteiger partial charge in [-0.05, 0) is 43.2 Å². The molecule has 3 heteroatoms. The molecule has 3 nitrogen and oxygen atoms in total. The van der Waals surface area contributed by atoms with Crippen molar-refractivity contribution < 1.29 is 9.59 Å². The summed E-state index contributed by atoms with van der Waals surface area (Å²) in [5.74, 6) is -0.193. The molecule has 1 N–H and O–H groups in total. The fourth-order valence-electron chi connectivity index (χ4n) is 1.91. The monoisotopic (exact) mass is 267 g/mol. The van der Waals surface area contributed by atoms with Crippen molar-refractivity contribution >= 4 is 17.4 Å². The molecule has 20 heavy (non-hydrogen) atoms. The number of anilines is 1. The van der Waals surface area contributed by atoms with Crippen LogP contribution in [0, 0.1) is 0 Å². The summed E-state index contributed by atoms with van der Waals surface area (Å²) in [4.78, 5) is 23.4. The maximum atomic E-state index is 12.1. The molecule has 102 valence electrons. The van der Waals surface area contributed by atoms with Gasteiger partial charge in [0.05, 0.1) is 0 Å². The Balaban J connectivity index is 2.14. The van der Waals surface area contributed by atoms with E-state index in [1.165, 1.54) is 12.5 Å². The van der Waals surface area contributed by atoms with E-state index < -0.39 is 0 Å². The second-order valence-corrected chi connectivity index (χ2v) is 4.64. The van der Waals surface area contributed by atoms with Crippen LogP contribution in [0.1, 0.15) is 40.1 Å². The number of benzene rings is 2. The average molecular weight is 267 g/mol. The van der Waals surface area contributed by atoms with Gasteiger partial charge < -0.3 is 5.32 Å². The van der Waals surface area contributed by atoms with Gasteiger partial charge in [0.2, 0.25) is 0 Å². The Kier molecular flexibility index (Phi) is 4.31. The van der Waals surface area contributed by atoms with Crippen LogP contribution < -0.4 is 5.32 Å². The fraction of sp³-hybridized carbons (Fsp3) is 0.176. The Bertz CT molecular complexity index is 630. The third kappa shape index (κ3) is 3.32. The molecule has 0 saturated carbocycles. The first-order valence-electron chi connectivity index (χ1n) is 6.61. The number of nitrogens with one attached hydrogen (secondary N) is 1. The molecule has 2 aromatic carbocycles. The van der Waals surface area contributed by atoms with Gasteiger partial charge in [0.15, 0.2) is 5.78 Å². The molecule has 0 aliphatic carbocycles. The van der Waals surface area contributed by atoms with Crippen molar-refractivity contribution in [1.29, 1.82) is 0 Å². The van der Waals surface area contributed by atoms with Gasteiger partial charge in [-0.2, -0.15) is 0 Å². The predicted molar refractivity (Wildman–Crippen MR) is 80.2 cm³/mol. The second-order valence-electron chi connectivity index (χ2n) is 4.64. The molecule has 0 saturated heterocycles. The number of amides is 1. The molecular formula is C17H17NO2. The van der Waals surface area contributed by atoms with Crippen molar-refractivity contribution in [3.63, 3.8) is 0 Å². The van der Waals surface area contributed by atoms with Gasteiger partial charge >= 0.3 is 0 Å². The molecule has 0 aromatic heterocycles. The van der Waals surface area contributed by atoms with Gasteiger partial charge in [-0.1, -0.05) is 31.2 Å². The SMILES string of the molecule is CCc1ccc(C(=O)Nc2cccc(C(C)=O)c2)cc1. The second kappa shape index (κ2) is 6.15. The van der Waals surface area contributed by atoms with Crippen LogP contribution in [-0.4, -0.2) is 11.7 Å². The number of carbonyl (C=O) groups is 2. The maximum Gasteiger partial charge on any atom is 0.255 e. The summed E-state index contributed by atoms with van der Waals surface area (Å²) in [7, 11) is 0. The van der Waals surface area contributed by atoms with E-state index in [0.29, 0.717) is 16.8 Å². The highest BCUT2D eigenvalue weighted by Gasteiger charge is 2.07. The number of ketones is 1. The van der Waals surface area contributed by atoms with E-state index in [9.17, 15) is 9.59 Å². The summed E-state index contributed by atoms with van der Waals surface area (Å²) in [6.07, 6.45) is 0.947. The van der Waals surface area contributed by atoms with Gasteiger partial charge in [-0.25, -0.2) is 0 Å². The number of rotatable bonds is 4. The molecular weight excluding hydrogens is 250 g/mol. The smallest absolute Gasteiger partial charge is 0.255 e. The molecule has 0 aliphatic rings. The van der Waals surface area contributed by atoms with Crippen LogP contribution in [0.2, 0.25) is 0 Å². The van der Waals surface area contributed by atoms with Gasteiger partial charge in [-0.3, -0.25) is 9.59 Å². The minimum absolute atomic E-state index is 0.0200. The van der Waals surface area contributed by atoms with Gasteiger partial charge in [0.1, 0.15) is 0 Å². The molecule has 1 amide bonds. The van der Waals surface area contributed by atoms with E-state index in [4.69, 9.17) is 0 Å². The van der Waals surface area contributed by atoms with Crippen LogP contribution in [-0.2, 0) is 6.42 Å². The van der Waals surface area contributed by atoms with Crippen LogP contribution in [0.5, 0.6) is 0 Å². The Labute approximate surface area is 118 Å². The van der Waals surface area contributed by atoms with E-state index >= 15 is 0 Å². The normalized spacial score (nSPS) is 10.1. The zero-order valence-electron chi connectivity index (χ0n) is 11.6. The minimum atomic E-state index is -0.173. The number of carbonyl (C=O) groups excluding carboxylic acids is 2.